The number of nitrogens with one attached hydrogen (secondary N) is 1. The Bertz CT molecular complexity index is 243. The Hall–Kier alpha value is -0.0900. The Labute approximate surface area is 79.7 Å². The zero-order valence-corrected chi connectivity index (χ0v) is 8.25. The van der Waals surface area contributed by atoms with Crippen molar-refractivity contribution in [3.05, 3.63) is 0 Å². The molecule has 66 valence electrons. The Kier molecular flexibility index (Phi) is 1.50. The molecule has 0 spiro atoms. The van der Waals surface area contributed by atoms with Crippen molar-refractivity contribution in [1.29, 1.82) is 0 Å². The molecule has 0 aliphatic carbocycles. The Balaban J connectivity index is 1.91. The lowest BCUT2D eigenvalue weighted by atomic mass is 9.91. The maximum absolute atomic E-state index is 5.35. The van der Waals surface area contributed by atoms with Crippen LogP contribution < -0.4 is 5.32 Å². The van der Waals surface area contributed by atoms with Gasteiger partial charge in [-0.2, -0.15) is 0 Å². The van der Waals surface area contributed by atoms with Gasteiger partial charge in [-0.1, -0.05) is 5.16 Å². The van der Waals surface area contributed by atoms with Crippen molar-refractivity contribution < 1.29 is 4.84 Å². The summed E-state index contributed by atoms with van der Waals surface area (Å²) in [6.45, 7) is 0. The van der Waals surface area contributed by atoms with Crippen LogP contribution in [-0.2, 0) is 4.84 Å². The van der Waals surface area contributed by atoms with Crippen molar-refractivity contribution in [2.45, 2.75) is 37.5 Å². The van der Waals surface area contributed by atoms with Crippen molar-refractivity contribution >= 4 is 20.6 Å². The molecule has 3 rings (SSSR count). The molecule has 0 amide bonds. The number of oxime groups is 1. The lowest BCUT2D eigenvalue weighted by molar-refractivity contribution is 0.0299. The van der Waals surface area contributed by atoms with E-state index < -0.39 is 0 Å². The molecule has 3 nitrogen and oxygen atoms in total. The monoisotopic (exact) mass is 230 g/mol. The standard InChI is InChI=1S/C8H11BrN2O/c9-8-7-5-2-1-4(10-5)3-6(7)12-11-8/h4-7,10H,1-3H2/t4-,5+,6+,7-/m0/s1. The van der Waals surface area contributed by atoms with Crippen molar-refractivity contribution in [2.75, 3.05) is 0 Å². The van der Waals surface area contributed by atoms with Crippen LogP contribution in [-0.4, -0.2) is 22.8 Å². The van der Waals surface area contributed by atoms with E-state index in [-0.39, 0.29) is 0 Å². The zero-order valence-electron chi connectivity index (χ0n) is 6.66. The normalized spacial score (nSPS) is 49.9. The van der Waals surface area contributed by atoms with Gasteiger partial charge in [0.15, 0.2) is 0 Å². The zero-order chi connectivity index (χ0) is 8.13. The molecule has 3 aliphatic rings. The van der Waals surface area contributed by atoms with Gasteiger partial charge in [-0.25, -0.2) is 0 Å². The first-order chi connectivity index (χ1) is 5.84. The van der Waals surface area contributed by atoms with Crippen LogP contribution in [0, 0.1) is 5.92 Å². The predicted molar refractivity (Wildman–Crippen MR) is 49.3 cm³/mol. The van der Waals surface area contributed by atoms with E-state index in [1.54, 1.807) is 0 Å². The van der Waals surface area contributed by atoms with Gasteiger partial charge in [-0.3, -0.25) is 0 Å². The molecule has 2 bridgehead atoms. The Morgan fingerprint density at radius 2 is 2.42 bits per heavy atom. The maximum Gasteiger partial charge on any atom is 0.139 e. The minimum atomic E-state index is 0.345. The molecule has 2 fully saturated rings. The predicted octanol–water partition coefficient (Wildman–Crippen LogP) is 1.23. The average Bonchev–Trinajstić information content (AvgIpc) is 2.59. The molecule has 0 aromatic rings. The van der Waals surface area contributed by atoms with Crippen LogP contribution in [0.1, 0.15) is 19.3 Å². The smallest absolute Gasteiger partial charge is 0.139 e. The first kappa shape index (κ1) is 7.33. The van der Waals surface area contributed by atoms with Crippen molar-refractivity contribution in [2.24, 2.45) is 11.1 Å². The molecule has 3 heterocycles. The van der Waals surface area contributed by atoms with E-state index in [2.05, 4.69) is 26.4 Å². The van der Waals surface area contributed by atoms with Gasteiger partial charge in [0, 0.05) is 18.5 Å². The largest absolute Gasteiger partial charge is 0.391 e. The van der Waals surface area contributed by atoms with Crippen LogP contribution in [0.15, 0.2) is 5.16 Å². The summed E-state index contributed by atoms with van der Waals surface area (Å²) in [6.07, 6.45) is 4.05. The number of rotatable bonds is 0. The van der Waals surface area contributed by atoms with E-state index in [1.165, 1.54) is 12.8 Å². The Morgan fingerprint density at radius 3 is 3.33 bits per heavy atom. The van der Waals surface area contributed by atoms with Crippen LogP contribution in [0.5, 0.6) is 0 Å². The lowest BCUT2D eigenvalue weighted by Crippen LogP contribution is -2.48. The van der Waals surface area contributed by atoms with Crippen LogP contribution in [0.3, 0.4) is 0 Å². The number of nitrogens with zero attached hydrogens (tertiary/aromatic N) is 1. The van der Waals surface area contributed by atoms with Crippen LogP contribution in [0.4, 0.5) is 0 Å². The molecule has 0 aromatic heterocycles. The van der Waals surface area contributed by atoms with Gasteiger partial charge in [0.25, 0.3) is 0 Å². The van der Waals surface area contributed by atoms with Crippen molar-refractivity contribution in [3.8, 4) is 0 Å². The highest BCUT2D eigenvalue weighted by molar-refractivity contribution is 9.18. The molecule has 0 radical (unpaired) electrons. The molecule has 0 aromatic carbocycles. The van der Waals surface area contributed by atoms with Crippen LogP contribution in [0.25, 0.3) is 0 Å². The second kappa shape index (κ2) is 2.45. The van der Waals surface area contributed by atoms with Crippen molar-refractivity contribution in [1.82, 2.24) is 5.32 Å². The second-order valence-electron chi connectivity index (χ2n) is 3.87. The fourth-order valence-corrected chi connectivity index (χ4v) is 3.31. The average molecular weight is 231 g/mol. The summed E-state index contributed by atoms with van der Waals surface area (Å²) in [7, 11) is 0. The van der Waals surface area contributed by atoms with Crippen LogP contribution in [0.2, 0.25) is 0 Å². The topological polar surface area (TPSA) is 33.6 Å². The highest BCUT2D eigenvalue weighted by Crippen LogP contribution is 2.38. The first-order valence-electron chi connectivity index (χ1n) is 4.50. The summed E-state index contributed by atoms with van der Waals surface area (Å²) in [4.78, 5) is 5.35. The summed E-state index contributed by atoms with van der Waals surface area (Å²) in [6, 6.07) is 1.29. The summed E-state index contributed by atoms with van der Waals surface area (Å²) in [5.74, 6) is 0.490. The highest BCUT2D eigenvalue weighted by atomic mass is 79.9. The third-order valence-electron chi connectivity index (χ3n) is 3.18. The van der Waals surface area contributed by atoms with E-state index >= 15 is 0 Å². The highest BCUT2D eigenvalue weighted by Gasteiger charge is 2.47. The minimum absolute atomic E-state index is 0.345. The van der Waals surface area contributed by atoms with E-state index in [4.69, 9.17) is 4.84 Å². The van der Waals surface area contributed by atoms with Gasteiger partial charge < -0.3 is 10.2 Å². The molecule has 2 saturated heterocycles. The number of hydrogen-bond acceptors (Lipinski definition) is 3. The molecule has 4 atom stereocenters. The van der Waals surface area contributed by atoms with E-state index in [1.807, 2.05) is 0 Å². The molecule has 12 heavy (non-hydrogen) atoms. The summed E-state index contributed by atoms with van der Waals surface area (Å²) in [5, 5.41) is 7.59. The molecule has 0 unspecified atom stereocenters. The van der Waals surface area contributed by atoms with Crippen molar-refractivity contribution in [3.63, 3.8) is 0 Å². The maximum atomic E-state index is 5.35. The van der Waals surface area contributed by atoms with Crippen LogP contribution >= 0.6 is 15.9 Å². The first-order valence-corrected chi connectivity index (χ1v) is 5.29. The van der Waals surface area contributed by atoms with Gasteiger partial charge in [-0.15, -0.1) is 0 Å². The summed E-state index contributed by atoms with van der Waals surface area (Å²) >= 11 is 3.46. The fourth-order valence-electron chi connectivity index (χ4n) is 2.61. The molecular formula is C8H11BrN2O. The lowest BCUT2D eigenvalue weighted by Gasteiger charge is -2.30. The van der Waals surface area contributed by atoms with E-state index in [0.717, 1.165) is 11.0 Å². The third kappa shape index (κ3) is 0.879. The molecule has 3 aliphatic heterocycles. The molecular weight excluding hydrogens is 220 g/mol. The number of fused-ring (bicyclic) bond motifs is 4. The van der Waals surface area contributed by atoms with E-state index in [0.29, 0.717) is 24.1 Å². The Morgan fingerprint density at radius 1 is 1.50 bits per heavy atom. The third-order valence-corrected chi connectivity index (χ3v) is 3.85. The van der Waals surface area contributed by atoms with Gasteiger partial charge in [0.2, 0.25) is 0 Å². The van der Waals surface area contributed by atoms with Gasteiger partial charge in [0.1, 0.15) is 10.7 Å². The fraction of sp³-hybridized carbons (Fsp3) is 0.875. The van der Waals surface area contributed by atoms with E-state index in [9.17, 15) is 0 Å². The summed E-state index contributed by atoms with van der Waals surface area (Å²) < 4.78 is 1.00. The number of halogens is 1. The summed E-state index contributed by atoms with van der Waals surface area (Å²) in [5.41, 5.74) is 0. The molecule has 4 heteroatoms. The number of piperidine rings is 1. The number of hydrogen-bond donors (Lipinski definition) is 1. The molecule has 0 saturated carbocycles. The van der Waals surface area contributed by atoms with Gasteiger partial charge in [-0.05, 0) is 28.8 Å². The quantitative estimate of drug-likeness (QED) is 0.680. The SMILES string of the molecule is BrC1=NO[C@@H]2C[C@@H]3CC[C@@H](N3)[C@H]12. The van der Waals surface area contributed by atoms with Gasteiger partial charge in [0.05, 0.1) is 5.92 Å². The van der Waals surface area contributed by atoms with Gasteiger partial charge >= 0.3 is 0 Å². The molecule has 1 N–H and O–H groups in total. The minimum Gasteiger partial charge on any atom is -0.391 e. The second-order valence-corrected chi connectivity index (χ2v) is 4.68.